The molecule has 2 nitrogen and oxygen atoms in total. The molecule has 0 aliphatic heterocycles. The summed E-state index contributed by atoms with van der Waals surface area (Å²) in [5, 5.41) is 0. The van der Waals surface area contributed by atoms with E-state index in [0.717, 1.165) is 25.7 Å². The highest BCUT2D eigenvalue weighted by molar-refractivity contribution is 5.88. The van der Waals surface area contributed by atoms with Gasteiger partial charge >= 0.3 is 0 Å². The van der Waals surface area contributed by atoms with Gasteiger partial charge in [0, 0.05) is 12.8 Å². The van der Waals surface area contributed by atoms with E-state index >= 15 is 0 Å². The summed E-state index contributed by atoms with van der Waals surface area (Å²) in [6.45, 7) is 1.79. The van der Waals surface area contributed by atoms with Crippen LogP contribution in [0.15, 0.2) is 0 Å². The van der Waals surface area contributed by atoms with Crippen LogP contribution in [-0.2, 0) is 4.79 Å². The molecule has 2 heteroatoms. The molecular weight excluding hydrogens is 162 g/mol. The van der Waals surface area contributed by atoms with E-state index in [-0.39, 0.29) is 5.78 Å². The Morgan fingerprint density at radius 1 is 1.46 bits per heavy atom. The van der Waals surface area contributed by atoms with Crippen LogP contribution in [0.1, 0.15) is 45.4 Å². The summed E-state index contributed by atoms with van der Waals surface area (Å²) in [5.41, 5.74) is 5.48. The molecule has 0 heterocycles. The SMILES string of the molecule is CC#CCCC(=O)C1(N)CCCC1. The van der Waals surface area contributed by atoms with Crippen molar-refractivity contribution in [1.29, 1.82) is 0 Å². The number of Topliss-reactive ketones (excluding diaryl/α,β-unsaturated/α-hetero) is 1. The molecule has 13 heavy (non-hydrogen) atoms. The zero-order valence-electron chi connectivity index (χ0n) is 8.23. The average molecular weight is 179 g/mol. The van der Waals surface area contributed by atoms with Crippen LogP contribution in [0.25, 0.3) is 0 Å². The first kappa shape index (κ1) is 10.3. The number of hydrogen-bond acceptors (Lipinski definition) is 2. The first-order valence-corrected chi connectivity index (χ1v) is 4.91. The topological polar surface area (TPSA) is 43.1 Å². The quantitative estimate of drug-likeness (QED) is 0.669. The fourth-order valence-corrected chi connectivity index (χ4v) is 1.83. The Hall–Kier alpha value is -0.810. The second-order valence-corrected chi connectivity index (χ2v) is 3.71. The van der Waals surface area contributed by atoms with Gasteiger partial charge in [-0.15, -0.1) is 11.8 Å². The third-order valence-corrected chi connectivity index (χ3v) is 2.70. The summed E-state index contributed by atoms with van der Waals surface area (Å²) in [6.07, 6.45) is 5.12. The normalized spacial score (nSPS) is 19.2. The summed E-state index contributed by atoms with van der Waals surface area (Å²) in [5.74, 6) is 5.88. The molecule has 0 aromatic rings. The van der Waals surface area contributed by atoms with Gasteiger partial charge in [0.05, 0.1) is 5.54 Å². The van der Waals surface area contributed by atoms with Gasteiger partial charge < -0.3 is 5.73 Å². The summed E-state index contributed by atoms with van der Waals surface area (Å²) < 4.78 is 0. The highest BCUT2D eigenvalue weighted by atomic mass is 16.1. The minimum Gasteiger partial charge on any atom is -0.319 e. The first-order chi connectivity index (χ1) is 6.19. The maximum atomic E-state index is 11.6. The second-order valence-electron chi connectivity index (χ2n) is 3.71. The number of carbonyl (C=O) groups excluding carboxylic acids is 1. The van der Waals surface area contributed by atoms with Crippen LogP contribution in [-0.4, -0.2) is 11.3 Å². The summed E-state index contributed by atoms with van der Waals surface area (Å²) in [4.78, 5) is 11.6. The van der Waals surface area contributed by atoms with Crippen molar-refractivity contribution in [3.8, 4) is 11.8 Å². The summed E-state index contributed by atoms with van der Waals surface area (Å²) in [7, 11) is 0. The summed E-state index contributed by atoms with van der Waals surface area (Å²) in [6, 6.07) is 0. The van der Waals surface area contributed by atoms with Crippen molar-refractivity contribution in [3.05, 3.63) is 0 Å². The van der Waals surface area contributed by atoms with Crippen LogP contribution in [0.3, 0.4) is 0 Å². The van der Waals surface area contributed by atoms with E-state index in [1.807, 2.05) is 0 Å². The molecule has 72 valence electrons. The van der Waals surface area contributed by atoms with Crippen molar-refractivity contribution >= 4 is 5.78 Å². The number of carbonyl (C=O) groups is 1. The number of rotatable bonds is 3. The van der Waals surface area contributed by atoms with E-state index in [0.29, 0.717) is 12.8 Å². The molecule has 0 amide bonds. The molecule has 0 atom stereocenters. The van der Waals surface area contributed by atoms with E-state index in [9.17, 15) is 4.79 Å². The molecule has 0 unspecified atom stereocenters. The van der Waals surface area contributed by atoms with Gasteiger partial charge in [-0.25, -0.2) is 0 Å². The highest BCUT2D eigenvalue weighted by Crippen LogP contribution is 2.29. The van der Waals surface area contributed by atoms with Crippen LogP contribution in [0.5, 0.6) is 0 Å². The van der Waals surface area contributed by atoms with Crippen molar-refractivity contribution in [2.24, 2.45) is 5.73 Å². The maximum absolute atomic E-state index is 11.6. The second kappa shape index (κ2) is 4.43. The van der Waals surface area contributed by atoms with Gasteiger partial charge in [0.2, 0.25) is 0 Å². The van der Waals surface area contributed by atoms with Gasteiger partial charge in [-0.1, -0.05) is 12.8 Å². The molecular formula is C11H17NO. The lowest BCUT2D eigenvalue weighted by atomic mass is 9.91. The van der Waals surface area contributed by atoms with Gasteiger partial charge in [-0.05, 0) is 19.8 Å². The van der Waals surface area contributed by atoms with E-state index in [2.05, 4.69) is 11.8 Å². The van der Waals surface area contributed by atoms with Gasteiger partial charge in [0.25, 0.3) is 0 Å². The van der Waals surface area contributed by atoms with Crippen molar-refractivity contribution < 1.29 is 4.79 Å². The molecule has 0 saturated heterocycles. The first-order valence-electron chi connectivity index (χ1n) is 4.91. The lowest BCUT2D eigenvalue weighted by Crippen LogP contribution is -2.45. The monoisotopic (exact) mass is 179 g/mol. The molecule has 1 aliphatic rings. The minimum absolute atomic E-state index is 0.202. The Morgan fingerprint density at radius 2 is 2.08 bits per heavy atom. The minimum atomic E-state index is -0.505. The van der Waals surface area contributed by atoms with E-state index in [4.69, 9.17) is 5.73 Å². The maximum Gasteiger partial charge on any atom is 0.153 e. The molecule has 1 saturated carbocycles. The van der Waals surface area contributed by atoms with Crippen molar-refractivity contribution in [3.63, 3.8) is 0 Å². The van der Waals surface area contributed by atoms with Crippen LogP contribution >= 0.6 is 0 Å². The lowest BCUT2D eigenvalue weighted by molar-refractivity contribution is -0.123. The van der Waals surface area contributed by atoms with Gasteiger partial charge in [-0.2, -0.15) is 0 Å². The van der Waals surface area contributed by atoms with E-state index < -0.39 is 5.54 Å². The molecule has 0 bridgehead atoms. The zero-order valence-corrected chi connectivity index (χ0v) is 8.23. The Balaban J connectivity index is 2.40. The molecule has 1 aliphatic carbocycles. The van der Waals surface area contributed by atoms with E-state index in [1.165, 1.54) is 0 Å². The largest absolute Gasteiger partial charge is 0.319 e. The van der Waals surface area contributed by atoms with Crippen LogP contribution in [0.2, 0.25) is 0 Å². The number of ketones is 1. The molecule has 0 radical (unpaired) electrons. The predicted octanol–water partition coefficient (Wildman–Crippen LogP) is 1.63. The van der Waals surface area contributed by atoms with Crippen LogP contribution in [0, 0.1) is 11.8 Å². The molecule has 2 N–H and O–H groups in total. The Morgan fingerprint density at radius 3 is 2.62 bits per heavy atom. The van der Waals surface area contributed by atoms with Crippen molar-refractivity contribution in [2.75, 3.05) is 0 Å². The Bertz CT molecular complexity index is 241. The molecule has 1 rings (SSSR count). The Labute approximate surface area is 79.9 Å². The average Bonchev–Trinajstić information content (AvgIpc) is 2.54. The smallest absolute Gasteiger partial charge is 0.153 e. The fourth-order valence-electron chi connectivity index (χ4n) is 1.83. The molecule has 0 spiro atoms. The zero-order chi connectivity index (χ0) is 9.73. The number of nitrogens with two attached hydrogens (primary N) is 1. The lowest BCUT2D eigenvalue weighted by Gasteiger charge is -2.20. The third-order valence-electron chi connectivity index (χ3n) is 2.70. The predicted molar refractivity (Wildman–Crippen MR) is 53.1 cm³/mol. The number of hydrogen-bond donors (Lipinski definition) is 1. The fraction of sp³-hybridized carbons (Fsp3) is 0.727. The van der Waals surface area contributed by atoms with Crippen LogP contribution in [0.4, 0.5) is 0 Å². The Kier molecular flexibility index (Phi) is 3.50. The van der Waals surface area contributed by atoms with Crippen LogP contribution < -0.4 is 5.73 Å². The van der Waals surface area contributed by atoms with Gasteiger partial charge in [0.15, 0.2) is 5.78 Å². The summed E-state index contributed by atoms with van der Waals surface area (Å²) >= 11 is 0. The molecule has 1 fully saturated rings. The standard InChI is InChI=1S/C11H17NO/c1-2-3-4-7-10(13)11(12)8-5-6-9-11/h4-9,12H2,1H3. The van der Waals surface area contributed by atoms with Crippen molar-refractivity contribution in [1.82, 2.24) is 0 Å². The third kappa shape index (κ3) is 2.57. The van der Waals surface area contributed by atoms with Gasteiger partial charge in [-0.3, -0.25) is 4.79 Å². The van der Waals surface area contributed by atoms with E-state index in [1.54, 1.807) is 6.92 Å². The molecule has 0 aromatic heterocycles. The van der Waals surface area contributed by atoms with Crippen molar-refractivity contribution in [2.45, 2.75) is 51.0 Å². The highest BCUT2D eigenvalue weighted by Gasteiger charge is 2.35. The molecule has 0 aromatic carbocycles. The van der Waals surface area contributed by atoms with Gasteiger partial charge in [0.1, 0.15) is 0 Å².